The van der Waals surface area contributed by atoms with Gasteiger partial charge in [0.15, 0.2) is 0 Å². The second-order valence-electron chi connectivity index (χ2n) is 6.07. The van der Waals surface area contributed by atoms with Gasteiger partial charge in [-0.15, -0.1) is 0 Å². The Balaban J connectivity index is 1.67. The molecular formula is C20H22N2O2. The Hall–Kier alpha value is -2.59. The third-order valence-electron chi connectivity index (χ3n) is 4.48. The minimum atomic E-state index is -0.572. The molecule has 1 amide bonds. The van der Waals surface area contributed by atoms with Crippen LogP contribution in [0.3, 0.4) is 0 Å². The SMILES string of the molecule is Cc1[nH]c2c(C(=O)NCCC(O)c3ccccc3)cccc2c1C. The van der Waals surface area contributed by atoms with Gasteiger partial charge in [-0.05, 0) is 37.5 Å². The number of aliphatic hydroxyl groups is 1. The van der Waals surface area contributed by atoms with Crippen LogP contribution in [0.1, 0.15) is 39.7 Å². The van der Waals surface area contributed by atoms with Crippen LogP contribution in [0.2, 0.25) is 0 Å². The second-order valence-corrected chi connectivity index (χ2v) is 6.07. The first kappa shape index (κ1) is 16.3. The molecule has 1 atom stereocenters. The van der Waals surface area contributed by atoms with Crippen molar-refractivity contribution in [2.75, 3.05) is 6.54 Å². The lowest BCUT2D eigenvalue weighted by Gasteiger charge is -2.12. The predicted molar refractivity (Wildman–Crippen MR) is 96.1 cm³/mol. The van der Waals surface area contributed by atoms with E-state index >= 15 is 0 Å². The maximum absolute atomic E-state index is 12.5. The summed E-state index contributed by atoms with van der Waals surface area (Å²) in [6.45, 7) is 4.48. The van der Waals surface area contributed by atoms with Gasteiger partial charge in [0.05, 0.1) is 17.2 Å². The summed E-state index contributed by atoms with van der Waals surface area (Å²) in [4.78, 5) is 15.8. The highest BCUT2D eigenvalue weighted by atomic mass is 16.3. The van der Waals surface area contributed by atoms with E-state index < -0.39 is 6.10 Å². The summed E-state index contributed by atoms with van der Waals surface area (Å²) in [5.74, 6) is -0.123. The first-order valence-corrected chi connectivity index (χ1v) is 8.17. The largest absolute Gasteiger partial charge is 0.388 e. The summed E-state index contributed by atoms with van der Waals surface area (Å²) >= 11 is 0. The van der Waals surface area contributed by atoms with E-state index in [1.165, 1.54) is 5.56 Å². The van der Waals surface area contributed by atoms with Gasteiger partial charge in [-0.1, -0.05) is 42.5 Å². The third-order valence-corrected chi connectivity index (χ3v) is 4.48. The van der Waals surface area contributed by atoms with E-state index in [0.29, 0.717) is 18.5 Å². The molecule has 3 rings (SSSR count). The normalized spacial score (nSPS) is 12.3. The molecule has 124 valence electrons. The molecule has 1 unspecified atom stereocenters. The van der Waals surface area contributed by atoms with E-state index in [9.17, 15) is 9.90 Å². The quantitative estimate of drug-likeness (QED) is 0.671. The van der Waals surface area contributed by atoms with Crippen molar-refractivity contribution in [2.45, 2.75) is 26.4 Å². The lowest BCUT2D eigenvalue weighted by atomic mass is 10.1. The fourth-order valence-corrected chi connectivity index (χ4v) is 2.93. The maximum Gasteiger partial charge on any atom is 0.253 e. The average Bonchev–Trinajstić information content (AvgIpc) is 2.90. The van der Waals surface area contributed by atoms with Crippen molar-refractivity contribution in [1.82, 2.24) is 10.3 Å². The van der Waals surface area contributed by atoms with E-state index in [1.54, 1.807) is 0 Å². The van der Waals surface area contributed by atoms with Crippen molar-refractivity contribution >= 4 is 16.8 Å². The standard InChI is InChI=1S/C20H22N2O2/c1-13-14(2)22-19-16(13)9-6-10-17(19)20(24)21-12-11-18(23)15-7-4-3-5-8-15/h3-10,18,22-23H,11-12H2,1-2H3,(H,21,24). The maximum atomic E-state index is 12.5. The first-order chi connectivity index (χ1) is 11.6. The Bertz CT molecular complexity index is 853. The Morgan fingerprint density at radius 1 is 1.12 bits per heavy atom. The van der Waals surface area contributed by atoms with Crippen molar-refractivity contribution in [2.24, 2.45) is 0 Å². The Morgan fingerprint density at radius 3 is 2.62 bits per heavy atom. The van der Waals surface area contributed by atoms with Gasteiger partial charge in [0, 0.05) is 17.6 Å². The molecule has 1 aromatic heterocycles. The highest BCUT2D eigenvalue weighted by Crippen LogP contribution is 2.24. The molecule has 0 aliphatic rings. The second kappa shape index (κ2) is 6.89. The topological polar surface area (TPSA) is 65.1 Å². The van der Waals surface area contributed by atoms with Gasteiger partial charge in [-0.2, -0.15) is 0 Å². The number of carbonyl (C=O) groups is 1. The molecule has 0 radical (unpaired) electrons. The van der Waals surface area contributed by atoms with E-state index in [2.05, 4.69) is 10.3 Å². The number of rotatable bonds is 5. The minimum absolute atomic E-state index is 0.123. The molecule has 0 aliphatic carbocycles. The van der Waals surface area contributed by atoms with Crippen molar-refractivity contribution in [3.63, 3.8) is 0 Å². The molecule has 3 N–H and O–H groups in total. The highest BCUT2D eigenvalue weighted by molar-refractivity contribution is 6.06. The summed E-state index contributed by atoms with van der Waals surface area (Å²) < 4.78 is 0. The highest BCUT2D eigenvalue weighted by Gasteiger charge is 2.14. The molecule has 0 saturated carbocycles. The number of aromatic amines is 1. The molecule has 0 saturated heterocycles. The zero-order valence-electron chi connectivity index (χ0n) is 14.0. The molecule has 0 aliphatic heterocycles. The lowest BCUT2D eigenvalue weighted by Crippen LogP contribution is -2.25. The van der Waals surface area contributed by atoms with Crippen LogP contribution >= 0.6 is 0 Å². The van der Waals surface area contributed by atoms with Crippen LogP contribution in [0.5, 0.6) is 0 Å². The number of para-hydroxylation sites is 1. The van der Waals surface area contributed by atoms with E-state index in [4.69, 9.17) is 0 Å². The fraction of sp³-hybridized carbons (Fsp3) is 0.250. The number of H-pyrrole nitrogens is 1. The summed E-state index contributed by atoms with van der Waals surface area (Å²) in [5.41, 5.74) is 4.61. The van der Waals surface area contributed by atoms with Crippen LogP contribution in [0.15, 0.2) is 48.5 Å². The van der Waals surface area contributed by atoms with Gasteiger partial charge in [-0.25, -0.2) is 0 Å². The summed E-state index contributed by atoms with van der Waals surface area (Å²) in [6.07, 6.45) is -0.0913. The zero-order valence-corrected chi connectivity index (χ0v) is 14.0. The van der Waals surface area contributed by atoms with Crippen molar-refractivity contribution in [3.05, 3.63) is 70.9 Å². The molecule has 0 fully saturated rings. The summed E-state index contributed by atoms with van der Waals surface area (Å²) in [7, 11) is 0. The van der Waals surface area contributed by atoms with Gasteiger partial charge in [0.1, 0.15) is 0 Å². The van der Waals surface area contributed by atoms with E-state index in [-0.39, 0.29) is 5.91 Å². The van der Waals surface area contributed by atoms with Crippen LogP contribution in [0.25, 0.3) is 10.9 Å². The number of aromatic nitrogens is 1. The Labute approximate surface area is 141 Å². The van der Waals surface area contributed by atoms with Gasteiger partial charge in [0.2, 0.25) is 0 Å². The molecule has 2 aromatic carbocycles. The molecule has 4 heteroatoms. The lowest BCUT2D eigenvalue weighted by molar-refractivity contribution is 0.0944. The van der Waals surface area contributed by atoms with Crippen LogP contribution in [0.4, 0.5) is 0 Å². The zero-order chi connectivity index (χ0) is 17.1. The number of hydrogen-bond acceptors (Lipinski definition) is 2. The molecule has 1 heterocycles. The van der Waals surface area contributed by atoms with Crippen molar-refractivity contribution in [3.8, 4) is 0 Å². The molecule has 24 heavy (non-hydrogen) atoms. The number of nitrogens with one attached hydrogen (secondary N) is 2. The van der Waals surface area contributed by atoms with E-state index in [0.717, 1.165) is 22.2 Å². The number of fused-ring (bicyclic) bond motifs is 1. The van der Waals surface area contributed by atoms with Crippen LogP contribution in [-0.4, -0.2) is 22.5 Å². The van der Waals surface area contributed by atoms with Crippen molar-refractivity contribution < 1.29 is 9.90 Å². The van der Waals surface area contributed by atoms with Crippen molar-refractivity contribution in [1.29, 1.82) is 0 Å². The van der Waals surface area contributed by atoms with Gasteiger partial charge >= 0.3 is 0 Å². The predicted octanol–water partition coefficient (Wildman–Crippen LogP) is 3.64. The summed E-state index contributed by atoms with van der Waals surface area (Å²) in [6, 6.07) is 15.2. The van der Waals surface area contributed by atoms with E-state index in [1.807, 2.05) is 62.4 Å². The molecule has 3 aromatic rings. The van der Waals surface area contributed by atoms with Crippen LogP contribution < -0.4 is 5.32 Å². The van der Waals surface area contributed by atoms with Crippen LogP contribution in [0, 0.1) is 13.8 Å². The van der Waals surface area contributed by atoms with Gasteiger partial charge < -0.3 is 15.4 Å². The number of benzene rings is 2. The minimum Gasteiger partial charge on any atom is -0.388 e. The summed E-state index contributed by atoms with van der Waals surface area (Å²) in [5, 5.41) is 14.1. The number of aliphatic hydroxyl groups excluding tert-OH is 1. The Kier molecular flexibility index (Phi) is 4.67. The van der Waals surface area contributed by atoms with Gasteiger partial charge in [-0.3, -0.25) is 4.79 Å². The number of carbonyl (C=O) groups excluding carboxylic acids is 1. The number of hydrogen-bond donors (Lipinski definition) is 3. The Morgan fingerprint density at radius 2 is 1.88 bits per heavy atom. The van der Waals surface area contributed by atoms with Crippen LogP contribution in [-0.2, 0) is 0 Å². The number of aryl methyl sites for hydroxylation is 2. The molecule has 0 bridgehead atoms. The smallest absolute Gasteiger partial charge is 0.253 e. The van der Waals surface area contributed by atoms with Gasteiger partial charge in [0.25, 0.3) is 5.91 Å². The fourth-order valence-electron chi connectivity index (χ4n) is 2.93. The number of amides is 1. The molecular weight excluding hydrogens is 300 g/mol. The first-order valence-electron chi connectivity index (χ1n) is 8.17. The molecule has 0 spiro atoms. The monoisotopic (exact) mass is 322 g/mol. The molecule has 4 nitrogen and oxygen atoms in total. The average molecular weight is 322 g/mol. The third kappa shape index (κ3) is 3.19.